The lowest BCUT2D eigenvalue weighted by molar-refractivity contribution is 0.0361. The van der Waals surface area contributed by atoms with Gasteiger partial charge < -0.3 is 9.64 Å². The van der Waals surface area contributed by atoms with Crippen LogP contribution in [0, 0.1) is 0 Å². The van der Waals surface area contributed by atoms with E-state index >= 15 is 0 Å². The van der Waals surface area contributed by atoms with Gasteiger partial charge >= 0.3 is 0 Å². The smallest absolute Gasteiger partial charge is 0.0701 e. The Bertz CT molecular complexity index is 119. The van der Waals surface area contributed by atoms with Crippen molar-refractivity contribution in [2.45, 2.75) is 45.1 Å². The van der Waals surface area contributed by atoms with Gasteiger partial charge in [-0.1, -0.05) is 19.8 Å². The maximum absolute atomic E-state index is 5.78. The topological polar surface area (TPSA) is 12.5 Å². The zero-order chi connectivity index (χ0) is 9.52. The second kappa shape index (κ2) is 6.39. The fourth-order valence-electron chi connectivity index (χ4n) is 1.95. The molecule has 0 aromatic rings. The SMILES string of the molecule is CCCN(C)CC1CCCCCO1. The van der Waals surface area contributed by atoms with E-state index in [1.807, 2.05) is 0 Å². The second-order valence-electron chi connectivity index (χ2n) is 4.10. The van der Waals surface area contributed by atoms with Crippen molar-refractivity contribution in [3.63, 3.8) is 0 Å². The molecule has 1 atom stereocenters. The van der Waals surface area contributed by atoms with Gasteiger partial charge in [-0.3, -0.25) is 0 Å². The molecule has 0 radical (unpaired) electrons. The summed E-state index contributed by atoms with van der Waals surface area (Å²) >= 11 is 0. The second-order valence-corrected chi connectivity index (χ2v) is 4.10. The molecule has 0 aromatic carbocycles. The minimum Gasteiger partial charge on any atom is -0.377 e. The fourth-order valence-corrected chi connectivity index (χ4v) is 1.95. The van der Waals surface area contributed by atoms with Crippen LogP contribution in [0.1, 0.15) is 39.0 Å². The van der Waals surface area contributed by atoms with E-state index in [2.05, 4.69) is 18.9 Å². The summed E-state index contributed by atoms with van der Waals surface area (Å²) in [4.78, 5) is 2.38. The first-order valence-corrected chi connectivity index (χ1v) is 5.63. The van der Waals surface area contributed by atoms with Crippen molar-refractivity contribution < 1.29 is 4.74 Å². The predicted molar refractivity (Wildman–Crippen MR) is 56.0 cm³/mol. The van der Waals surface area contributed by atoms with Crippen LogP contribution in [-0.2, 0) is 4.74 Å². The van der Waals surface area contributed by atoms with Crippen LogP contribution in [0.4, 0.5) is 0 Å². The van der Waals surface area contributed by atoms with Gasteiger partial charge in [0.1, 0.15) is 0 Å². The van der Waals surface area contributed by atoms with Crippen molar-refractivity contribution >= 4 is 0 Å². The van der Waals surface area contributed by atoms with Crippen LogP contribution in [0.3, 0.4) is 0 Å². The van der Waals surface area contributed by atoms with Gasteiger partial charge in [0.05, 0.1) is 6.10 Å². The van der Waals surface area contributed by atoms with E-state index in [0.29, 0.717) is 6.10 Å². The Labute approximate surface area is 82.3 Å². The van der Waals surface area contributed by atoms with Gasteiger partial charge in [-0.15, -0.1) is 0 Å². The molecule has 1 rings (SSSR count). The Kier molecular flexibility index (Phi) is 5.40. The van der Waals surface area contributed by atoms with Crippen molar-refractivity contribution in [2.24, 2.45) is 0 Å². The summed E-state index contributed by atoms with van der Waals surface area (Å²) in [6.45, 7) is 5.52. The molecular formula is C11H23NO. The first-order valence-electron chi connectivity index (χ1n) is 5.63. The van der Waals surface area contributed by atoms with Crippen molar-refractivity contribution in [1.82, 2.24) is 4.90 Å². The van der Waals surface area contributed by atoms with E-state index in [1.165, 1.54) is 38.6 Å². The lowest BCUT2D eigenvalue weighted by atomic mass is 10.1. The molecule has 2 nitrogen and oxygen atoms in total. The fraction of sp³-hybridized carbons (Fsp3) is 1.00. The third-order valence-electron chi connectivity index (χ3n) is 2.64. The standard InChI is InChI=1S/C11H23NO/c1-3-8-12(2)10-11-7-5-4-6-9-13-11/h11H,3-10H2,1-2H3. The molecule has 0 aliphatic carbocycles. The van der Waals surface area contributed by atoms with Crippen molar-refractivity contribution in [1.29, 1.82) is 0 Å². The molecule has 1 unspecified atom stereocenters. The number of hydrogen-bond donors (Lipinski definition) is 0. The van der Waals surface area contributed by atoms with E-state index < -0.39 is 0 Å². The molecule has 0 N–H and O–H groups in total. The summed E-state index contributed by atoms with van der Waals surface area (Å²) in [5, 5.41) is 0. The minimum atomic E-state index is 0.499. The number of ether oxygens (including phenoxy) is 1. The van der Waals surface area contributed by atoms with Gasteiger partial charge in [-0.2, -0.15) is 0 Å². The third-order valence-corrected chi connectivity index (χ3v) is 2.64. The van der Waals surface area contributed by atoms with Crippen LogP contribution >= 0.6 is 0 Å². The highest BCUT2D eigenvalue weighted by Crippen LogP contribution is 2.13. The van der Waals surface area contributed by atoms with Gasteiger partial charge in [-0.25, -0.2) is 0 Å². The molecule has 2 heteroatoms. The van der Waals surface area contributed by atoms with Gasteiger partial charge in [-0.05, 0) is 32.9 Å². The summed E-state index contributed by atoms with van der Waals surface area (Å²) in [6, 6.07) is 0. The quantitative estimate of drug-likeness (QED) is 0.666. The highest BCUT2D eigenvalue weighted by molar-refractivity contribution is 4.66. The predicted octanol–water partition coefficient (Wildman–Crippen LogP) is 2.29. The van der Waals surface area contributed by atoms with Gasteiger partial charge in [0.25, 0.3) is 0 Å². The average Bonchev–Trinajstić information content (AvgIpc) is 2.33. The number of hydrogen-bond acceptors (Lipinski definition) is 2. The van der Waals surface area contributed by atoms with Crippen LogP contribution in [0.15, 0.2) is 0 Å². The number of likely N-dealkylation sites (N-methyl/N-ethyl adjacent to an activating group) is 1. The van der Waals surface area contributed by atoms with E-state index in [-0.39, 0.29) is 0 Å². The zero-order valence-corrected chi connectivity index (χ0v) is 9.09. The molecule has 1 fully saturated rings. The molecule has 1 heterocycles. The van der Waals surface area contributed by atoms with Gasteiger partial charge in [0.15, 0.2) is 0 Å². The Morgan fingerprint density at radius 1 is 1.31 bits per heavy atom. The summed E-state index contributed by atoms with van der Waals surface area (Å²) < 4.78 is 5.78. The van der Waals surface area contributed by atoms with E-state index in [4.69, 9.17) is 4.74 Å². The van der Waals surface area contributed by atoms with Crippen LogP contribution < -0.4 is 0 Å². The van der Waals surface area contributed by atoms with E-state index in [0.717, 1.165) is 13.2 Å². The largest absolute Gasteiger partial charge is 0.377 e. The summed E-state index contributed by atoms with van der Waals surface area (Å²) in [7, 11) is 2.19. The minimum absolute atomic E-state index is 0.499. The van der Waals surface area contributed by atoms with Crippen molar-refractivity contribution in [3.05, 3.63) is 0 Å². The molecule has 1 saturated heterocycles. The monoisotopic (exact) mass is 185 g/mol. The first-order chi connectivity index (χ1) is 6.33. The third kappa shape index (κ3) is 4.63. The normalized spacial score (nSPS) is 24.7. The van der Waals surface area contributed by atoms with Crippen LogP contribution in [0.25, 0.3) is 0 Å². The lowest BCUT2D eigenvalue weighted by Gasteiger charge is -2.22. The summed E-state index contributed by atoms with van der Waals surface area (Å²) in [5.74, 6) is 0. The van der Waals surface area contributed by atoms with Crippen molar-refractivity contribution in [2.75, 3.05) is 26.7 Å². The molecular weight excluding hydrogens is 162 g/mol. The maximum Gasteiger partial charge on any atom is 0.0701 e. The van der Waals surface area contributed by atoms with Crippen LogP contribution in [0.5, 0.6) is 0 Å². The molecule has 1 aliphatic rings. The number of nitrogens with zero attached hydrogens (tertiary/aromatic N) is 1. The highest BCUT2D eigenvalue weighted by Gasteiger charge is 2.13. The Hall–Kier alpha value is -0.0800. The van der Waals surface area contributed by atoms with Gasteiger partial charge in [0.2, 0.25) is 0 Å². The average molecular weight is 185 g/mol. The Balaban J connectivity index is 2.17. The number of rotatable bonds is 4. The first kappa shape index (κ1) is 11.0. The molecule has 0 amide bonds. The molecule has 0 spiro atoms. The van der Waals surface area contributed by atoms with E-state index in [1.54, 1.807) is 0 Å². The van der Waals surface area contributed by atoms with Crippen LogP contribution in [0.2, 0.25) is 0 Å². The summed E-state index contributed by atoms with van der Waals surface area (Å²) in [6.07, 6.45) is 6.96. The molecule has 1 aliphatic heterocycles. The molecule has 0 bridgehead atoms. The van der Waals surface area contributed by atoms with E-state index in [9.17, 15) is 0 Å². The Morgan fingerprint density at radius 3 is 2.92 bits per heavy atom. The van der Waals surface area contributed by atoms with Gasteiger partial charge in [0, 0.05) is 13.2 Å². The molecule has 78 valence electrons. The summed E-state index contributed by atoms with van der Waals surface area (Å²) in [5.41, 5.74) is 0. The molecule has 0 saturated carbocycles. The molecule has 0 aromatic heterocycles. The van der Waals surface area contributed by atoms with Crippen LogP contribution in [-0.4, -0.2) is 37.7 Å². The molecule has 13 heavy (non-hydrogen) atoms. The van der Waals surface area contributed by atoms with Crippen molar-refractivity contribution in [3.8, 4) is 0 Å². The zero-order valence-electron chi connectivity index (χ0n) is 9.09. The Morgan fingerprint density at radius 2 is 2.15 bits per heavy atom. The highest BCUT2D eigenvalue weighted by atomic mass is 16.5. The maximum atomic E-state index is 5.78. The lowest BCUT2D eigenvalue weighted by Crippen LogP contribution is -2.31.